The van der Waals surface area contributed by atoms with Crippen LogP contribution in [0.5, 0.6) is 23.0 Å². The zero-order valence-corrected chi connectivity index (χ0v) is 23.0. The van der Waals surface area contributed by atoms with Crippen molar-refractivity contribution in [2.45, 2.75) is 5.41 Å². The Kier molecular flexibility index (Phi) is 6.28. The van der Waals surface area contributed by atoms with Gasteiger partial charge in [-0.25, -0.2) is 0 Å². The summed E-state index contributed by atoms with van der Waals surface area (Å²) in [6, 6.07) is 25.2. The van der Waals surface area contributed by atoms with Crippen LogP contribution in [0.3, 0.4) is 0 Å². The number of methoxy groups -OCH3 is 4. The minimum atomic E-state index is -0.642. The van der Waals surface area contributed by atoms with Gasteiger partial charge in [-0.2, -0.15) is 0 Å². The standard InChI is InChI=1S/C29H24Br2O4/c1-32-25-11-5-17(13-27(25)34-3)29(18-6-12-26(33-2)28(14-18)35-4)23-15-19(30)7-9-21(23)22-10-8-20(31)16-24(22)29/h5-16H,1-4H3. The maximum Gasteiger partial charge on any atom is 0.161 e. The molecule has 0 saturated heterocycles. The summed E-state index contributed by atoms with van der Waals surface area (Å²) in [6.45, 7) is 0. The first-order valence-corrected chi connectivity index (χ1v) is 12.6. The van der Waals surface area contributed by atoms with Crippen LogP contribution in [0.25, 0.3) is 11.1 Å². The summed E-state index contributed by atoms with van der Waals surface area (Å²) in [5.41, 5.74) is 6.16. The molecule has 5 rings (SSSR count). The number of hydrogen-bond acceptors (Lipinski definition) is 4. The van der Waals surface area contributed by atoms with Crippen molar-refractivity contribution < 1.29 is 18.9 Å². The molecule has 0 aromatic heterocycles. The van der Waals surface area contributed by atoms with Gasteiger partial charge >= 0.3 is 0 Å². The van der Waals surface area contributed by atoms with Crippen LogP contribution in [0.1, 0.15) is 22.3 Å². The van der Waals surface area contributed by atoms with Crippen LogP contribution in [-0.4, -0.2) is 28.4 Å². The predicted octanol–water partition coefficient (Wildman–Crippen LogP) is 7.61. The molecule has 4 nitrogen and oxygen atoms in total. The quantitative estimate of drug-likeness (QED) is 0.202. The van der Waals surface area contributed by atoms with E-state index in [1.807, 2.05) is 12.1 Å². The first kappa shape index (κ1) is 23.8. The van der Waals surface area contributed by atoms with E-state index in [1.54, 1.807) is 28.4 Å². The molecule has 178 valence electrons. The Bertz CT molecular complexity index is 1320. The molecule has 0 aliphatic heterocycles. The highest BCUT2D eigenvalue weighted by Gasteiger charge is 2.47. The molecule has 35 heavy (non-hydrogen) atoms. The first-order chi connectivity index (χ1) is 17.0. The summed E-state index contributed by atoms with van der Waals surface area (Å²) in [4.78, 5) is 0. The summed E-state index contributed by atoms with van der Waals surface area (Å²) in [5, 5.41) is 0. The summed E-state index contributed by atoms with van der Waals surface area (Å²) in [7, 11) is 6.62. The van der Waals surface area contributed by atoms with Crippen LogP contribution in [0, 0.1) is 0 Å². The van der Waals surface area contributed by atoms with Crippen molar-refractivity contribution in [3.8, 4) is 34.1 Å². The minimum Gasteiger partial charge on any atom is -0.493 e. The smallest absolute Gasteiger partial charge is 0.161 e. The van der Waals surface area contributed by atoms with Crippen LogP contribution >= 0.6 is 31.9 Å². The Morgan fingerprint density at radius 3 is 1.26 bits per heavy atom. The number of halogens is 2. The molecule has 0 atom stereocenters. The van der Waals surface area contributed by atoms with Gasteiger partial charge in [0.15, 0.2) is 23.0 Å². The van der Waals surface area contributed by atoms with Crippen molar-refractivity contribution >= 4 is 31.9 Å². The van der Waals surface area contributed by atoms with E-state index in [1.165, 1.54) is 22.3 Å². The van der Waals surface area contributed by atoms with E-state index >= 15 is 0 Å². The molecule has 0 saturated carbocycles. The topological polar surface area (TPSA) is 36.9 Å². The van der Waals surface area contributed by atoms with Crippen molar-refractivity contribution in [3.63, 3.8) is 0 Å². The van der Waals surface area contributed by atoms with Gasteiger partial charge in [-0.1, -0.05) is 56.1 Å². The monoisotopic (exact) mass is 594 g/mol. The molecule has 4 aromatic rings. The van der Waals surface area contributed by atoms with Gasteiger partial charge in [0.25, 0.3) is 0 Å². The molecule has 4 aromatic carbocycles. The first-order valence-electron chi connectivity index (χ1n) is 11.0. The van der Waals surface area contributed by atoms with Crippen LogP contribution in [0.2, 0.25) is 0 Å². The van der Waals surface area contributed by atoms with Crippen molar-refractivity contribution in [2.75, 3.05) is 28.4 Å². The summed E-state index contributed by atoms with van der Waals surface area (Å²) in [6.07, 6.45) is 0. The number of rotatable bonds is 6. The van der Waals surface area contributed by atoms with Crippen molar-refractivity contribution in [1.82, 2.24) is 0 Å². The Hall–Kier alpha value is -2.96. The second kappa shape index (κ2) is 9.25. The van der Waals surface area contributed by atoms with Gasteiger partial charge in [0.05, 0.1) is 33.9 Å². The second-order valence-electron chi connectivity index (χ2n) is 8.27. The summed E-state index contributed by atoms with van der Waals surface area (Å²) >= 11 is 7.45. The molecular formula is C29H24Br2O4. The molecule has 0 amide bonds. The number of benzene rings is 4. The lowest BCUT2D eigenvalue weighted by atomic mass is 9.67. The average Bonchev–Trinajstić information content (AvgIpc) is 3.16. The lowest BCUT2D eigenvalue weighted by Gasteiger charge is -2.34. The Balaban J connectivity index is 1.96. The third-order valence-electron chi connectivity index (χ3n) is 6.69. The highest BCUT2D eigenvalue weighted by Crippen LogP contribution is 2.58. The van der Waals surface area contributed by atoms with Gasteiger partial charge < -0.3 is 18.9 Å². The highest BCUT2D eigenvalue weighted by atomic mass is 79.9. The molecule has 1 aliphatic rings. The van der Waals surface area contributed by atoms with Crippen LogP contribution in [0.15, 0.2) is 81.7 Å². The van der Waals surface area contributed by atoms with Gasteiger partial charge in [-0.05, 0) is 81.9 Å². The lowest BCUT2D eigenvalue weighted by molar-refractivity contribution is 0.353. The van der Waals surface area contributed by atoms with Gasteiger partial charge in [-0.3, -0.25) is 0 Å². The van der Waals surface area contributed by atoms with Crippen LogP contribution in [0.4, 0.5) is 0 Å². The fraction of sp³-hybridized carbons (Fsp3) is 0.172. The van der Waals surface area contributed by atoms with E-state index in [0.29, 0.717) is 23.0 Å². The van der Waals surface area contributed by atoms with Crippen LogP contribution in [-0.2, 0) is 5.41 Å². The predicted molar refractivity (Wildman–Crippen MR) is 145 cm³/mol. The molecular weight excluding hydrogens is 572 g/mol. The SMILES string of the molecule is COc1ccc(C2(c3ccc(OC)c(OC)c3)c3cc(Br)ccc3-c3ccc(Br)cc32)cc1OC. The van der Waals surface area contributed by atoms with E-state index in [0.717, 1.165) is 20.1 Å². The summed E-state index contributed by atoms with van der Waals surface area (Å²) in [5.74, 6) is 2.70. The third-order valence-corrected chi connectivity index (χ3v) is 7.68. The maximum absolute atomic E-state index is 5.73. The molecule has 0 spiro atoms. The maximum atomic E-state index is 5.73. The molecule has 0 bridgehead atoms. The molecule has 0 fully saturated rings. The van der Waals surface area contributed by atoms with Crippen molar-refractivity contribution in [2.24, 2.45) is 0 Å². The number of hydrogen-bond donors (Lipinski definition) is 0. The Morgan fingerprint density at radius 2 is 0.886 bits per heavy atom. The van der Waals surface area contributed by atoms with E-state index in [-0.39, 0.29) is 0 Å². The number of ether oxygens (including phenoxy) is 4. The van der Waals surface area contributed by atoms with Gasteiger partial charge in [0.1, 0.15) is 0 Å². The molecule has 0 heterocycles. The second-order valence-corrected chi connectivity index (χ2v) is 10.1. The molecule has 0 radical (unpaired) electrons. The van der Waals surface area contributed by atoms with Gasteiger partial charge in [-0.15, -0.1) is 0 Å². The van der Waals surface area contributed by atoms with E-state index in [9.17, 15) is 0 Å². The fourth-order valence-corrected chi connectivity index (χ4v) is 5.92. The minimum absolute atomic E-state index is 0.642. The lowest BCUT2D eigenvalue weighted by Crippen LogP contribution is -2.29. The van der Waals surface area contributed by atoms with Gasteiger partial charge in [0.2, 0.25) is 0 Å². The third kappa shape index (κ3) is 3.62. The number of fused-ring (bicyclic) bond motifs is 3. The van der Waals surface area contributed by atoms with E-state index < -0.39 is 5.41 Å². The van der Waals surface area contributed by atoms with Crippen LogP contribution < -0.4 is 18.9 Å². The average molecular weight is 596 g/mol. The van der Waals surface area contributed by atoms with Crippen molar-refractivity contribution in [1.29, 1.82) is 0 Å². The molecule has 0 N–H and O–H groups in total. The zero-order valence-electron chi connectivity index (χ0n) is 19.8. The normalized spacial score (nSPS) is 13.1. The molecule has 6 heteroatoms. The van der Waals surface area contributed by atoms with Gasteiger partial charge in [0, 0.05) is 8.95 Å². The van der Waals surface area contributed by atoms with Crippen molar-refractivity contribution in [3.05, 3.63) is 104 Å². The Morgan fingerprint density at radius 1 is 0.486 bits per heavy atom. The highest BCUT2D eigenvalue weighted by molar-refractivity contribution is 9.10. The summed E-state index contributed by atoms with van der Waals surface area (Å²) < 4.78 is 24.6. The van der Waals surface area contributed by atoms with E-state index in [2.05, 4.69) is 92.5 Å². The van der Waals surface area contributed by atoms with E-state index in [4.69, 9.17) is 18.9 Å². The fourth-order valence-electron chi connectivity index (χ4n) is 5.20. The molecule has 1 aliphatic carbocycles. The molecule has 0 unspecified atom stereocenters. The largest absolute Gasteiger partial charge is 0.493 e. The zero-order chi connectivity index (χ0) is 24.7. The Labute approximate surface area is 222 Å².